The number of urea groups is 1. The number of ether oxygens (including phenoxy) is 1. The van der Waals surface area contributed by atoms with Crippen LogP contribution in [-0.2, 0) is 7.05 Å². The maximum Gasteiger partial charge on any atom is 0.319 e. The molecule has 22 heavy (non-hydrogen) atoms. The van der Waals surface area contributed by atoms with Gasteiger partial charge < -0.3 is 15.4 Å². The lowest BCUT2D eigenvalue weighted by Gasteiger charge is -2.15. The number of amides is 2. The minimum absolute atomic E-state index is 0.139. The van der Waals surface area contributed by atoms with Crippen LogP contribution in [0.3, 0.4) is 0 Å². The second-order valence-corrected chi connectivity index (χ2v) is 5.12. The summed E-state index contributed by atoms with van der Waals surface area (Å²) in [6, 6.07) is 3.05. The number of hydrogen-bond acceptors (Lipinski definition) is 4. The molecule has 0 radical (unpaired) electrons. The largest absolute Gasteiger partial charge is 0.481 e. The van der Waals surface area contributed by atoms with Gasteiger partial charge in [0.25, 0.3) is 0 Å². The van der Waals surface area contributed by atoms with Crippen LogP contribution in [0.2, 0.25) is 0 Å². The molecule has 0 aliphatic heterocycles. The second kappa shape index (κ2) is 6.46. The first-order valence-electron chi connectivity index (χ1n) is 7.00. The molecule has 2 N–H and O–H groups in total. The standard InChI is InChI=1S/C15H21N5O2/c1-9(12-8-16-20(4)11(12)3)18-15(21)19-13-6-7-14(22-5)17-10(13)2/h6-9H,1-5H3,(H2,18,19,21). The number of nitrogens with one attached hydrogen (secondary N) is 2. The summed E-state index contributed by atoms with van der Waals surface area (Å²) in [6.07, 6.45) is 1.76. The number of rotatable bonds is 4. The zero-order chi connectivity index (χ0) is 16.3. The average molecular weight is 303 g/mol. The van der Waals surface area contributed by atoms with E-state index in [9.17, 15) is 4.79 Å². The molecule has 2 rings (SSSR count). The molecule has 1 atom stereocenters. The molecule has 2 amide bonds. The fourth-order valence-corrected chi connectivity index (χ4v) is 2.16. The Balaban J connectivity index is 2.02. The maximum atomic E-state index is 12.1. The van der Waals surface area contributed by atoms with Gasteiger partial charge in [-0.1, -0.05) is 0 Å². The maximum absolute atomic E-state index is 12.1. The number of aromatic nitrogens is 3. The highest BCUT2D eigenvalue weighted by Crippen LogP contribution is 2.18. The normalized spacial score (nSPS) is 11.9. The lowest BCUT2D eigenvalue weighted by Crippen LogP contribution is -2.31. The van der Waals surface area contributed by atoms with Crippen LogP contribution >= 0.6 is 0 Å². The van der Waals surface area contributed by atoms with E-state index in [4.69, 9.17) is 4.74 Å². The summed E-state index contributed by atoms with van der Waals surface area (Å²) in [5.41, 5.74) is 3.35. The van der Waals surface area contributed by atoms with Gasteiger partial charge in [-0.2, -0.15) is 5.10 Å². The average Bonchev–Trinajstić information content (AvgIpc) is 2.81. The van der Waals surface area contributed by atoms with Gasteiger partial charge in [0.05, 0.1) is 30.7 Å². The summed E-state index contributed by atoms with van der Waals surface area (Å²) in [6.45, 7) is 5.70. The second-order valence-electron chi connectivity index (χ2n) is 5.12. The minimum atomic E-state index is -0.286. The SMILES string of the molecule is COc1ccc(NC(=O)NC(C)c2cnn(C)c2C)c(C)n1. The Kier molecular flexibility index (Phi) is 4.65. The third-order valence-corrected chi connectivity index (χ3v) is 3.60. The molecule has 0 saturated heterocycles. The highest BCUT2D eigenvalue weighted by atomic mass is 16.5. The van der Waals surface area contributed by atoms with Gasteiger partial charge in [-0.3, -0.25) is 4.68 Å². The number of hydrogen-bond donors (Lipinski definition) is 2. The van der Waals surface area contributed by atoms with Crippen molar-refractivity contribution < 1.29 is 9.53 Å². The van der Waals surface area contributed by atoms with Crippen molar-refractivity contribution in [3.05, 3.63) is 35.3 Å². The van der Waals surface area contributed by atoms with E-state index in [0.717, 1.165) is 11.3 Å². The molecule has 0 spiro atoms. The third kappa shape index (κ3) is 3.36. The van der Waals surface area contributed by atoms with Crippen LogP contribution in [0, 0.1) is 13.8 Å². The molecule has 7 heteroatoms. The van der Waals surface area contributed by atoms with Crippen LogP contribution in [0.4, 0.5) is 10.5 Å². The quantitative estimate of drug-likeness (QED) is 0.908. The van der Waals surface area contributed by atoms with E-state index in [1.807, 2.05) is 27.8 Å². The molecule has 2 aromatic heterocycles. The summed E-state index contributed by atoms with van der Waals surface area (Å²) in [5, 5.41) is 9.87. The molecule has 0 aliphatic rings. The summed E-state index contributed by atoms with van der Waals surface area (Å²) in [4.78, 5) is 16.3. The molecule has 118 valence electrons. The summed E-state index contributed by atoms with van der Waals surface area (Å²) in [7, 11) is 3.43. The first-order chi connectivity index (χ1) is 10.4. The Labute approximate surface area is 129 Å². The van der Waals surface area contributed by atoms with Crippen LogP contribution in [0.5, 0.6) is 5.88 Å². The van der Waals surface area contributed by atoms with Gasteiger partial charge in [0.2, 0.25) is 5.88 Å². The Bertz CT molecular complexity index is 681. The van der Waals surface area contributed by atoms with Crippen molar-refractivity contribution in [2.24, 2.45) is 7.05 Å². The lowest BCUT2D eigenvalue weighted by atomic mass is 10.1. The number of carbonyl (C=O) groups excluding carboxylic acids is 1. The van der Waals surface area contributed by atoms with E-state index < -0.39 is 0 Å². The van der Waals surface area contributed by atoms with E-state index in [-0.39, 0.29) is 12.1 Å². The molecular formula is C15H21N5O2. The molecule has 2 aromatic rings. The van der Waals surface area contributed by atoms with Crippen molar-refractivity contribution in [1.82, 2.24) is 20.1 Å². The minimum Gasteiger partial charge on any atom is -0.481 e. The van der Waals surface area contributed by atoms with Gasteiger partial charge in [0, 0.05) is 24.4 Å². The van der Waals surface area contributed by atoms with Crippen LogP contribution in [0.15, 0.2) is 18.3 Å². The lowest BCUT2D eigenvalue weighted by molar-refractivity contribution is 0.249. The molecule has 7 nitrogen and oxygen atoms in total. The summed E-state index contributed by atoms with van der Waals surface area (Å²) < 4.78 is 6.82. The van der Waals surface area contributed by atoms with Gasteiger partial charge in [-0.05, 0) is 26.8 Å². The molecule has 0 fully saturated rings. The van der Waals surface area contributed by atoms with Crippen molar-refractivity contribution in [3.8, 4) is 5.88 Å². The van der Waals surface area contributed by atoms with Crippen molar-refractivity contribution in [2.75, 3.05) is 12.4 Å². The van der Waals surface area contributed by atoms with Crippen LogP contribution < -0.4 is 15.4 Å². The van der Waals surface area contributed by atoms with Crippen LogP contribution in [-0.4, -0.2) is 27.9 Å². The van der Waals surface area contributed by atoms with Gasteiger partial charge in [0.1, 0.15) is 0 Å². The monoisotopic (exact) mass is 303 g/mol. The van der Waals surface area contributed by atoms with Crippen molar-refractivity contribution >= 4 is 11.7 Å². The molecule has 0 saturated carbocycles. The molecular weight excluding hydrogens is 282 g/mol. The van der Waals surface area contributed by atoms with Gasteiger partial charge in [0.15, 0.2) is 0 Å². The topological polar surface area (TPSA) is 81.1 Å². The third-order valence-electron chi connectivity index (χ3n) is 3.60. The Morgan fingerprint density at radius 2 is 2.09 bits per heavy atom. The first kappa shape index (κ1) is 15.8. The van der Waals surface area contributed by atoms with Gasteiger partial charge >= 0.3 is 6.03 Å². The fraction of sp³-hybridized carbons (Fsp3) is 0.400. The van der Waals surface area contributed by atoms with E-state index in [0.29, 0.717) is 17.3 Å². The molecule has 2 heterocycles. The molecule has 0 bridgehead atoms. The number of aryl methyl sites for hydroxylation is 2. The van der Waals surface area contributed by atoms with Crippen molar-refractivity contribution in [3.63, 3.8) is 0 Å². The van der Waals surface area contributed by atoms with Gasteiger partial charge in [-0.25, -0.2) is 9.78 Å². The summed E-state index contributed by atoms with van der Waals surface area (Å²) >= 11 is 0. The predicted octanol–water partition coefficient (Wildman–Crippen LogP) is 2.32. The number of pyridine rings is 1. The zero-order valence-corrected chi connectivity index (χ0v) is 13.5. The zero-order valence-electron chi connectivity index (χ0n) is 13.5. The van der Waals surface area contributed by atoms with Gasteiger partial charge in [-0.15, -0.1) is 0 Å². The molecule has 1 unspecified atom stereocenters. The number of methoxy groups -OCH3 is 1. The Morgan fingerprint density at radius 1 is 1.36 bits per heavy atom. The Morgan fingerprint density at radius 3 is 2.64 bits per heavy atom. The summed E-state index contributed by atoms with van der Waals surface area (Å²) in [5.74, 6) is 0.516. The highest BCUT2D eigenvalue weighted by molar-refractivity contribution is 5.90. The Hall–Kier alpha value is -2.57. The molecule has 0 aromatic carbocycles. The fourth-order valence-electron chi connectivity index (χ4n) is 2.16. The molecule has 0 aliphatic carbocycles. The van der Waals surface area contributed by atoms with E-state index in [1.165, 1.54) is 0 Å². The highest BCUT2D eigenvalue weighted by Gasteiger charge is 2.15. The first-order valence-corrected chi connectivity index (χ1v) is 7.00. The van der Waals surface area contributed by atoms with Crippen LogP contribution in [0.25, 0.3) is 0 Å². The van der Waals surface area contributed by atoms with E-state index in [2.05, 4.69) is 20.7 Å². The van der Waals surface area contributed by atoms with Crippen molar-refractivity contribution in [2.45, 2.75) is 26.8 Å². The number of carbonyl (C=O) groups is 1. The van der Waals surface area contributed by atoms with Crippen LogP contribution in [0.1, 0.15) is 29.9 Å². The number of anilines is 1. The van der Waals surface area contributed by atoms with Crippen molar-refractivity contribution in [1.29, 1.82) is 0 Å². The smallest absolute Gasteiger partial charge is 0.319 e. The predicted molar refractivity (Wildman–Crippen MR) is 84.0 cm³/mol. The van der Waals surface area contributed by atoms with E-state index >= 15 is 0 Å². The number of nitrogens with zero attached hydrogens (tertiary/aromatic N) is 3. The van der Waals surface area contributed by atoms with E-state index in [1.54, 1.807) is 30.1 Å².